The fraction of sp³-hybridized carbons (Fsp3) is 0.500. The van der Waals surface area contributed by atoms with E-state index in [9.17, 15) is 4.79 Å². The van der Waals surface area contributed by atoms with Gasteiger partial charge in [-0.15, -0.1) is 0 Å². The molecular formula is C14H17N3O3. The van der Waals surface area contributed by atoms with E-state index in [-0.39, 0.29) is 5.91 Å². The lowest BCUT2D eigenvalue weighted by atomic mass is 9.81. The van der Waals surface area contributed by atoms with Gasteiger partial charge in [-0.2, -0.15) is 4.98 Å². The molecule has 1 aliphatic rings. The summed E-state index contributed by atoms with van der Waals surface area (Å²) >= 11 is 0. The molecule has 2 aromatic heterocycles. The molecule has 3 rings (SSSR count). The minimum Gasteiger partial charge on any atom is -0.459 e. The van der Waals surface area contributed by atoms with E-state index in [1.165, 1.54) is 6.26 Å². The molecular weight excluding hydrogens is 258 g/mol. The zero-order valence-electron chi connectivity index (χ0n) is 11.4. The molecule has 0 aromatic carbocycles. The third-order valence-electron chi connectivity index (χ3n) is 3.76. The summed E-state index contributed by atoms with van der Waals surface area (Å²) in [7, 11) is 0. The van der Waals surface area contributed by atoms with Crippen LogP contribution < -0.4 is 5.32 Å². The maximum Gasteiger partial charge on any atom is 0.287 e. The largest absolute Gasteiger partial charge is 0.459 e. The van der Waals surface area contributed by atoms with Crippen LogP contribution in [0.15, 0.2) is 27.3 Å². The van der Waals surface area contributed by atoms with Gasteiger partial charge in [-0.3, -0.25) is 4.79 Å². The minimum absolute atomic E-state index is 0.237. The summed E-state index contributed by atoms with van der Waals surface area (Å²) < 4.78 is 10.2. The van der Waals surface area contributed by atoms with Gasteiger partial charge >= 0.3 is 0 Å². The van der Waals surface area contributed by atoms with Gasteiger partial charge in [0.25, 0.3) is 5.91 Å². The molecule has 1 saturated carbocycles. The Balaban J connectivity index is 1.88. The van der Waals surface area contributed by atoms with E-state index in [1.54, 1.807) is 19.1 Å². The van der Waals surface area contributed by atoms with Gasteiger partial charge in [-0.05, 0) is 25.0 Å². The van der Waals surface area contributed by atoms with Gasteiger partial charge in [0.05, 0.1) is 6.26 Å². The Kier molecular flexibility index (Phi) is 3.30. The van der Waals surface area contributed by atoms with Gasteiger partial charge in [-0.1, -0.05) is 24.4 Å². The summed E-state index contributed by atoms with van der Waals surface area (Å²) in [6.45, 7) is 1.75. The molecule has 0 unspecified atom stereocenters. The van der Waals surface area contributed by atoms with Gasteiger partial charge in [0.2, 0.25) is 5.89 Å². The highest BCUT2D eigenvalue weighted by Crippen LogP contribution is 2.35. The van der Waals surface area contributed by atoms with Crippen LogP contribution in [0.2, 0.25) is 0 Å². The first kappa shape index (κ1) is 12.9. The highest BCUT2D eigenvalue weighted by molar-refractivity contribution is 5.91. The monoisotopic (exact) mass is 275 g/mol. The molecule has 0 saturated heterocycles. The normalized spacial score (nSPS) is 17.9. The Morgan fingerprint density at radius 3 is 2.75 bits per heavy atom. The Labute approximate surface area is 116 Å². The SMILES string of the molecule is Cc1nc(C2(NC(=O)c3ccco3)CCCCC2)no1. The first-order valence-corrected chi connectivity index (χ1v) is 6.86. The van der Waals surface area contributed by atoms with Crippen molar-refractivity contribution in [2.24, 2.45) is 0 Å². The van der Waals surface area contributed by atoms with E-state index < -0.39 is 5.54 Å². The number of nitrogens with one attached hydrogen (secondary N) is 1. The Bertz CT molecular complexity index is 583. The first-order valence-electron chi connectivity index (χ1n) is 6.86. The second kappa shape index (κ2) is 5.11. The average Bonchev–Trinajstić information content (AvgIpc) is 3.10. The lowest BCUT2D eigenvalue weighted by Gasteiger charge is -2.34. The number of aryl methyl sites for hydroxylation is 1. The molecule has 0 bridgehead atoms. The Morgan fingerprint density at radius 2 is 2.15 bits per heavy atom. The van der Waals surface area contributed by atoms with Crippen molar-refractivity contribution in [3.63, 3.8) is 0 Å². The molecule has 6 nitrogen and oxygen atoms in total. The fourth-order valence-electron chi connectivity index (χ4n) is 2.74. The van der Waals surface area contributed by atoms with Crippen LogP contribution in [0.1, 0.15) is 54.4 Å². The van der Waals surface area contributed by atoms with E-state index in [0.29, 0.717) is 17.5 Å². The molecule has 0 aliphatic heterocycles. The van der Waals surface area contributed by atoms with Crippen molar-refractivity contribution in [2.45, 2.75) is 44.6 Å². The van der Waals surface area contributed by atoms with Gasteiger partial charge in [0, 0.05) is 6.92 Å². The summed E-state index contributed by atoms with van der Waals surface area (Å²) in [5.74, 6) is 1.14. The number of aromatic nitrogens is 2. The molecule has 106 valence electrons. The van der Waals surface area contributed by atoms with Crippen molar-refractivity contribution in [2.75, 3.05) is 0 Å². The summed E-state index contributed by atoms with van der Waals surface area (Å²) in [4.78, 5) is 16.6. The Hall–Kier alpha value is -2.11. The molecule has 6 heteroatoms. The Morgan fingerprint density at radius 1 is 1.35 bits per heavy atom. The fourth-order valence-corrected chi connectivity index (χ4v) is 2.74. The maximum atomic E-state index is 12.3. The summed E-state index contributed by atoms with van der Waals surface area (Å²) in [5, 5.41) is 7.06. The number of rotatable bonds is 3. The molecule has 20 heavy (non-hydrogen) atoms. The van der Waals surface area contributed by atoms with Crippen LogP contribution in [0, 0.1) is 6.92 Å². The van der Waals surface area contributed by atoms with Crippen molar-refractivity contribution in [1.29, 1.82) is 0 Å². The molecule has 0 atom stereocenters. The van der Waals surface area contributed by atoms with Crippen LogP contribution in [0.3, 0.4) is 0 Å². The lowest BCUT2D eigenvalue weighted by Crippen LogP contribution is -2.48. The number of nitrogens with zero attached hydrogens (tertiary/aromatic N) is 2. The molecule has 1 aliphatic carbocycles. The molecule has 1 fully saturated rings. The van der Waals surface area contributed by atoms with Crippen molar-refractivity contribution >= 4 is 5.91 Å². The van der Waals surface area contributed by atoms with E-state index >= 15 is 0 Å². The van der Waals surface area contributed by atoms with Gasteiger partial charge in [0.1, 0.15) is 5.54 Å². The third kappa shape index (κ3) is 2.33. The summed E-state index contributed by atoms with van der Waals surface area (Å²) in [5.41, 5.74) is -0.542. The summed E-state index contributed by atoms with van der Waals surface area (Å²) in [6, 6.07) is 3.34. The number of hydrogen-bond acceptors (Lipinski definition) is 5. The standard InChI is InChI=1S/C14H17N3O3/c1-10-15-13(17-20-10)14(7-3-2-4-8-14)16-12(18)11-6-5-9-19-11/h5-6,9H,2-4,7-8H2,1H3,(H,16,18). The van der Waals surface area contributed by atoms with Gasteiger partial charge in [0.15, 0.2) is 11.6 Å². The van der Waals surface area contributed by atoms with Crippen LogP contribution in [0.5, 0.6) is 0 Å². The zero-order valence-corrected chi connectivity index (χ0v) is 11.4. The van der Waals surface area contributed by atoms with Crippen LogP contribution >= 0.6 is 0 Å². The smallest absolute Gasteiger partial charge is 0.287 e. The molecule has 1 amide bonds. The van der Waals surface area contributed by atoms with Crippen molar-refractivity contribution in [3.05, 3.63) is 35.9 Å². The average molecular weight is 275 g/mol. The third-order valence-corrected chi connectivity index (χ3v) is 3.76. The van der Waals surface area contributed by atoms with Crippen molar-refractivity contribution in [1.82, 2.24) is 15.5 Å². The second-order valence-electron chi connectivity index (χ2n) is 5.21. The maximum absolute atomic E-state index is 12.3. The van der Waals surface area contributed by atoms with Gasteiger partial charge in [-0.25, -0.2) is 0 Å². The first-order chi connectivity index (χ1) is 9.70. The van der Waals surface area contributed by atoms with Crippen LogP contribution in [0.4, 0.5) is 0 Å². The molecule has 1 N–H and O–H groups in total. The molecule has 0 radical (unpaired) electrons. The summed E-state index contributed by atoms with van der Waals surface area (Å²) in [6.07, 6.45) is 6.35. The van der Waals surface area contributed by atoms with Crippen LogP contribution in [-0.4, -0.2) is 16.0 Å². The predicted molar refractivity (Wildman–Crippen MR) is 70.0 cm³/mol. The number of furan rings is 1. The highest BCUT2D eigenvalue weighted by Gasteiger charge is 2.40. The van der Waals surface area contributed by atoms with E-state index in [1.807, 2.05) is 0 Å². The number of carbonyl (C=O) groups excluding carboxylic acids is 1. The van der Waals surface area contributed by atoms with E-state index in [0.717, 1.165) is 32.1 Å². The predicted octanol–water partition coefficient (Wildman–Crippen LogP) is 2.56. The van der Waals surface area contributed by atoms with Crippen molar-refractivity contribution in [3.8, 4) is 0 Å². The van der Waals surface area contributed by atoms with Gasteiger partial charge < -0.3 is 14.3 Å². The topological polar surface area (TPSA) is 81.2 Å². The number of hydrogen-bond donors (Lipinski definition) is 1. The highest BCUT2D eigenvalue weighted by atomic mass is 16.5. The van der Waals surface area contributed by atoms with E-state index in [2.05, 4.69) is 15.5 Å². The minimum atomic E-state index is -0.542. The van der Waals surface area contributed by atoms with Crippen LogP contribution in [-0.2, 0) is 5.54 Å². The zero-order chi connectivity index (χ0) is 14.0. The lowest BCUT2D eigenvalue weighted by molar-refractivity contribution is 0.0826. The molecule has 2 aromatic rings. The number of carbonyl (C=O) groups is 1. The second-order valence-corrected chi connectivity index (χ2v) is 5.21. The van der Waals surface area contributed by atoms with E-state index in [4.69, 9.17) is 8.94 Å². The molecule has 0 spiro atoms. The molecule has 2 heterocycles. The number of amides is 1. The quantitative estimate of drug-likeness (QED) is 0.931. The van der Waals surface area contributed by atoms with Crippen LogP contribution in [0.25, 0.3) is 0 Å². The van der Waals surface area contributed by atoms with Crippen molar-refractivity contribution < 1.29 is 13.7 Å².